The van der Waals surface area contributed by atoms with Gasteiger partial charge in [-0.15, -0.1) is 0 Å². The van der Waals surface area contributed by atoms with Crippen LogP contribution in [-0.2, 0) is 21.3 Å². The van der Waals surface area contributed by atoms with E-state index in [0.29, 0.717) is 49.4 Å². The van der Waals surface area contributed by atoms with Crippen molar-refractivity contribution in [2.75, 3.05) is 52.1 Å². The molecule has 0 bridgehead atoms. The first-order chi connectivity index (χ1) is 14.7. The molecule has 2 amide bonds. The highest BCUT2D eigenvalue weighted by Crippen LogP contribution is 2.23. The number of hydrogen-bond donors (Lipinski definition) is 2. The van der Waals surface area contributed by atoms with Crippen LogP contribution in [0.1, 0.15) is 18.4 Å². The van der Waals surface area contributed by atoms with E-state index in [-0.39, 0.29) is 18.1 Å². The van der Waals surface area contributed by atoms with Gasteiger partial charge in [-0.25, -0.2) is 17.5 Å². The predicted molar refractivity (Wildman–Crippen MR) is 122 cm³/mol. The Hall–Kier alpha value is -1.10. The largest absolute Gasteiger partial charge is 0.374 e. The van der Waals surface area contributed by atoms with Crippen LogP contribution in [0.2, 0.25) is 10.0 Å². The number of benzene rings is 1. The summed E-state index contributed by atoms with van der Waals surface area (Å²) in [5, 5.41) is 6.86. The molecule has 0 saturated carbocycles. The fraction of sp³-hybridized carbons (Fsp3) is 0.650. The first-order valence-corrected chi connectivity index (χ1v) is 13.1. The van der Waals surface area contributed by atoms with Gasteiger partial charge < -0.3 is 15.4 Å². The molecule has 0 unspecified atom stereocenters. The van der Waals surface area contributed by atoms with E-state index in [1.54, 1.807) is 6.07 Å². The number of rotatable bonds is 7. The summed E-state index contributed by atoms with van der Waals surface area (Å²) in [5.74, 6) is 0.288. The van der Waals surface area contributed by atoms with Crippen molar-refractivity contribution in [2.45, 2.75) is 25.5 Å². The Morgan fingerprint density at radius 1 is 1.13 bits per heavy atom. The minimum absolute atomic E-state index is 0.0831. The molecule has 0 spiro atoms. The van der Waals surface area contributed by atoms with Crippen molar-refractivity contribution >= 4 is 39.3 Å². The highest BCUT2D eigenvalue weighted by molar-refractivity contribution is 7.88. The van der Waals surface area contributed by atoms with Gasteiger partial charge in [0, 0.05) is 45.8 Å². The maximum absolute atomic E-state index is 12.2. The van der Waals surface area contributed by atoms with E-state index in [1.807, 2.05) is 12.1 Å². The van der Waals surface area contributed by atoms with Crippen LogP contribution in [0.15, 0.2) is 18.2 Å². The number of sulfonamides is 1. The molecule has 1 atom stereocenters. The van der Waals surface area contributed by atoms with Crippen LogP contribution in [0.5, 0.6) is 0 Å². The van der Waals surface area contributed by atoms with E-state index < -0.39 is 10.0 Å². The van der Waals surface area contributed by atoms with Crippen LogP contribution in [0.4, 0.5) is 4.79 Å². The van der Waals surface area contributed by atoms with E-state index >= 15 is 0 Å². The normalized spacial score (nSPS) is 21.7. The van der Waals surface area contributed by atoms with Gasteiger partial charge in [0.15, 0.2) is 0 Å². The zero-order valence-corrected chi connectivity index (χ0v) is 20.0. The molecular weight excluding hydrogens is 463 g/mol. The van der Waals surface area contributed by atoms with Crippen molar-refractivity contribution in [1.82, 2.24) is 19.8 Å². The molecule has 3 rings (SSSR count). The van der Waals surface area contributed by atoms with Gasteiger partial charge in [-0.2, -0.15) is 0 Å². The third-order valence-electron chi connectivity index (χ3n) is 5.70. The minimum Gasteiger partial charge on any atom is -0.374 e. The Bertz CT molecular complexity index is 863. The van der Waals surface area contributed by atoms with Gasteiger partial charge in [-0.3, -0.25) is 4.90 Å². The zero-order valence-electron chi connectivity index (χ0n) is 17.6. The Morgan fingerprint density at radius 3 is 2.52 bits per heavy atom. The van der Waals surface area contributed by atoms with E-state index in [4.69, 9.17) is 27.9 Å². The Kier molecular flexibility index (Phi) is 8.83. The Morgan fingerprint density at radius 2 is 1.84 bits per heavy atom. The van der Waals surface area contributed by atoms with E-state index in [1.165, 1.54) is 10.6 Å². The first-order valence-electron chi connectivity index (χ1n) is 10.5. The van der Waals surface area contributed by atoms with Crippen LogP contribution >= 0.6 is 23.2 Å². The zero-order chi connectivity index (χ0) is 22.4. The molecule has 0 radical (unpaired) electrons. The first kappa shape index (κ1) is 24.5. The monoisotopic (exact) mass is 492 g/mol. The molecule has 2 fully saturated rings. The molecule has 0 aliphatic carbocycles. The Labute approximate surface area is 194 Å². The molecule has 2 saturated heterocycles. The minimum atomic E-state index is -3.13. The van der Waals surface area contributed by atoms with Gasteiger partial charge in [0.25, 0.3) is 0 Å². The van der Waals surface area contributed by atoms with Gasteiger partial charge in [0.1, 0.15) is 0 Å². The number of morpholine rings is 1. The van der Waals surface area contributed by atoms with Gasteiger partial charge in [0.05, 0.1) is 29.0 Å². The number of nitrogens with zero attached hydrogens (tertiary/aromatic N) is 2. The maximum atomic E-state index is 12.2. The molecule has 31 heavy (non-hydrogen) atoms. The van der Waals surface area contributed by atoms with E-state index in [2.05, 4.69) is 15.5 Å². The number of hydrogen-bond acceptors (Lipinski definition) is 5. The van der Waals surface area contributed by atoms with Crippen molar-refractivity contribution in [2.24, 2.45) is 5.92 Å². The molecule has 2 aliphatic heterocycles. The smallest absolute Gasteiger partial charge is 0.314 e. The van der Waals surface area contributed by atoms with Crippen LogP contribution in [-0.4, -0.2) is 81.9 Å². The van der Waals surface area contributed by atoms with Crippen molar-refractivity contribution in [3.8, 4) is 0 Å². The second-order valence-electron chi connectivity index (χ2n) is 8.17. The molecule has 0 aromatic heterocycles. The van der Waals surface area contributed by atoms with Crippen LogP contribution in [0, 0.1) is 5.92 Å². The summed E-state index contributed by atoms with van der Waals surface area (Å²) in [5.41, 5.74) is 1.09. The lowest BCUT2D eigenvalue weighted by atomic mass is 9.98. The number of carbonyl (C=O) groups is 1. The summed E-state index contributed by atoms with van der Waals surface area (Å²) in [6.45, 7) is 4.87. The molecular formula is C20H30Cl2N4O4S. The second-order valence-corrected chi connectivity index (χ2v) is 11.0. The molecule has 2 N–H and O–H groups in total. The molecule has 2 aliphatic rings. The summed E-state index contributed by atoms with van der Waals surface area (Å²) in [6.07, 6.45) is 2.66. The van der Waals surface area contributed by atoms with Crippen LogP contribution < -0.4 is 10.6 Å². The number of ether oxygens (including phenoxy) is 1. The number of carbonyl (C=O) groups excluding carboxylic acids is 1. The molecule has 174 valence electrons. The predicted octanol–water partition coefficient (Wildman–Crippen LogP) is 2.17. The van der Waals surface area contributed by atoms with E-state index in [9.17, 15) is 13.2 Å². The van der Waals surface area contributed by atoms with Gasteiger partial charge in [-0.05, 0) is 36.5 Å². The third-order valence-corrected chi connectivity index (χ3v) is 7.74. The standard InChI is InChI=1S/C20H30Cl2N4O4S/c1-31(28,29)26-6-4-15(5-7-26)11-23-20(27)24-12-17-14-25(8-9-30-17)13-16-2-3-18(21)19(22)10-16/h2-3,10,15,17H,4-9,11-14H2,1H3,(H2,23,24,27)/t17-/m0/s1. The lowest BCUT2D eigenvalue weighted by Gasteiger charge is -2.33. The second kappa shape index (κ2) is 11.2. The Balaban J connectivity index is 1.35. The molecule has 8 nitrogen and oxygen atoms in total. The SMILES string of the molecule is CS(=O)(=O)N1CCC(CNC(=O)NC[C@H]2CN(Cc3ccc(Cl)c(Cl)c3)CCO2)CC1. The highest BCUT2D eigenvalue weighted by Gasteiger charge is 2.25. The number of piperidine rings is 1. The quantitative estimate of drug-likeness (QED) is 0.608. The average Bonchev–Trinajstić information content (AvgIpc) is 2.73. The summed E-state index contributed by atoms with van der Waals surface area (Å²) in [4.78, 5) is 14.4. The lowest BCUT2D eigenvalue weighted by Crippen LogP contribution is -2.49. The summed E-state index contributed by atoms with van der Waals surface area (Å²) >= 11 is 12.1. The van der Waals surface area contributed by atoms with Crippen LogP contribution in [0.25, 0.3) is 0 Å². The van der Waals surface area contributed by atoms with Crippen molar-refractivity contribution < 1.29 is 17.9 Å². The van der Waals surface area contributed by atoms with Crippen molar-refractivity contribution in [3.63, 3.8) is 0 Å². The molecule has 1 aromatic carbocycles. The number of halogens is 2. The summed E-state index contributed by atoms with van der Waals surface area (Å²) < 4.78 is 30.4. The van der Waals surface area contributed by atoms with Crippen molar-refractivity contribution in [3.05, 3.63) is 33.8 Å². The highest BCUT2D eigenvalue weighted by atomic mass is 35.5. The molecule has 11 heteroatoms. The molecule has 2 heterocycles. The number of urea groups is 1. The topological polar surface area (TPSA) is 91.0 Å². The van der Waals surface area contributed by atoms with E-state index in [0.717, 1.165) is 31.5 Å². The van der Waals surface area contributed by atoms with Crippen LogP contribution in [0.3, 0.4) is 0 Å². The third kappa shape index (κ3) is 7.76. The fourth-order valence-electron chi connectivity index (χ4n) is 3.89. The number of nitrogens with one attached hydrogen (secondary N) is 2. The van der Waals surface area contributed by atoms with Crippen molar-refractivity contribution in [1.29, 1.82) is 0 Å². The average molecular weight is 493 g/mol. The summed E-state index contributed by atoms with van der Waals surface area (Å²) in [6, 6.07) is 5.41. The fourth-order valence-corrected chi connectivity index (χ4v) is 5.09. The maximum Gasteiger partial charge on any atom is 0.314 e. The molecule has 1 aromatic rings. The van der Waals surface area contributed by atoms with Gasteiger partial charge >= 0.3 is 6.03 Å². The van der Waals surface area contributed by atoms with Gasteiger partial charge in [-0.1, -0.05) is 29.3 Å². The van der Waals surface area contributed by atoms with Gasteiger partial charge in [0.2, 0.25) is 10.0 Å². The lowest BCUT2D eigenvalue weighted by molar-refractivity contribution is -0.0287. The summed E-state index contributed by atoms with van der Waals surface area (Å²) in [7, 11) is -3.13. The number of amides is 2.